The van der Waals surface area contributed by atoms with Crippen LogP contribution < -0.4 is 5.32 Å². The Labute approximate surface area is 126 Å². The standard InChI is InChI=1S/C16H24N4O/c1-4-7-18-16(21)13(2)20-9-5-6-14(12-20)11-15-17-8-10-19(15)3/h1,8,10,13-14H,5-7,9,11-12H2,2-3H3,(H,18,21). The smallest absolute Gasteiger partial charge is 0.237 e. The minimum Gasteiger partial charge on any atom is -0.344 e. The molecule has 21 heavy (non-hydrogen) atoms. The SMILES string of the molecule is C#CCNC(=O)C(C)N1CCCC(Cc2nccn2C)C1. The first kappa shape index (κ1) is 15.6. The lowest BCUT2D eigenvalue weighted by Gasteiger charge is -2.36. The Kier molecular flexibility index (Phi) is 5.40. The third-order valence-electron chi connectivity index (χ3n) is 4.23. The second-order valence-corrected chi connectivity index (χ2v) is 5.76. The number of likely N-dealkylation sites (tertiary alicyclic amines) is 1. The Bertz CT molecular complexity index is 517. The van der Waals surface area contributed by atoms with E-state index in [0.29, 0.717) is 12.5 Å². The third-order valence-corrected chi connectivity index (χ3v) is 4.23. The number of carbonyl (C=O) groups is 1. The lowest BCUT2D eigenvalue weighted by molar-refractivity contribution is -0.126. The zero-order valence-corrected chi connectivity index (χ0v) is 12.9. The highest BCUT2D eigenvalue weighted by Gasteiger charge is 2.27. The molecule has 1 aliphatic rings. The molecule has 114 valence electrons. The van der Waals surface area contributed by atoms with Gasteiger partial charge in [0.2, 0.25) is 5.91 Å². The summed E-state index contributed by atoms with van der Waals surface area (Å²) in [6.45, 7) is 4.17. The van der Waals surface area contributed by atoms with E-state index in [2.05, 4.69) is 25.7 Å². The zero-order valence-electron chi connectivity index (χ0n) is 12.9. The van der Waals surface area contributed by atoms with Crippen molar-refractivity contribution in [3.05, 3.63) is 18.2 Å². The second kappa shape index (κ2) is 7.28. The van der Waals surface area contributed by atoms with Crippen molar-refractivity contribution in [2.24, 2.45) is 13.0 Å². The van der Waals surface area contributed by atoms with Crippen molar-refractivity contribution in [1.29, 1.82) is 0 Å². The van der Waals surface area contributed by atoms with Crippen molar-refractivity contribution >= 4 is 5.91 Å². The van der Waals surface area contributed by atoms with Gasteiger partial charge in [0.25, 0.3) is 0 Å². The first-order valence-corrected chi connectivity index (χ1v) is 7.53. The Balaban J connectivity index is 1.90. The van der Waals surface area contributed by atoms with Crippen LogP contribution >= 0.6 is 0 Å². The van der Waals surface area contributed by atoms with Gasteiger partial charge >= 0.3 is 0 Å². The van der Waals surface area contributed by atoms with E-state index in [1.54, 1.807) is 0 Å². The van der Waals surface area contributed by atoms with Crippen LogP contribution in [0.3, 0.4) is 0 Å². The topological polar surface area (TPSA) is 50.2 Å². The van der Waals surface area contributed by atoms with Crippen LogP contribution in [0.15, 0.2) is 12.4 Å². The average Bonchev–Trinajstić information content (AvgIpc) is 2.89. The molecule has 1 amide bonds. The van der Waals surface area contributed by atoms with Gasteiger partial charge in [0.15, 0.2) is 0 Å². The molecular weight excluding hydrogens is 264 g/mol. The fourth-order valence-corrected chi connectivity index (χ4v) is 2.92. The summed E-state index contributed by atoms with van der Waals surface area (Å²) in [7, 11) is 2.03. The summed E-state index contributed by atoms with van der Waals surface area (Å²) in [4.78, 5) is 18.7. The molecule has 5 heteroatoms. The predicted octanol–water partition coefficient (Wildman–Crippen LogP) is 0.812. The first-order valence-electron chi connectivity index (χ1n) is 7.53. The first-order chi connectivity index (χ1) is 10.1. The largest absolute Gasteiger partial charge is 0.344 e. The third kappa shape index (κ3) is 4.08. The van der Waals surface area contributed by atoms with Gasteiger partial charge in [-0.15, -0.1) is 6.42 Å². The molecule has 1 aromatic rings. The van der Waals surface area contributed by atoms with E-state index in [1.807, 2.05) is 26.4 Å². The molecule has 0 aromatic carbocycles. The summed E-state index contributed by atoms with van der Waals surface area (Å²) >= 11 is 0. The highest BCUT2D eigenvalue weighted by atomic mass is 16.2. The van der Waals surface area contributed by atoms with Gasteiger partial charge < -0.3 is 9.88 Å². The molecule has 2 unspecified atom stereocenters. The second-order valence-electron chi connectivity index (χ2n) is 5.76. The maximum atomic E-state index is 12.0. The Morgan fingerprint density at radius 3 is 3.14 bits per heavy atom. The number of aryl methyl sites for hydroxylation is 1. The van der Waals surface area contributed by atoms with Crippen LogP contribution in [0.1, 0.15) is 25.6 Å². The number of carbonyl (C=O) groups excluding carboxylic acids is 1. The van der Waals surface area contributed by atoms with Gasteiger partial charge in [0.1, 0.15) is 5.82 Å². The highest BCUT2D eigenvalue weighted by molar-refractivity contribution is 5.81. The van der Waals surface area contributed by atoms with Gasteiger partial charge in [-0.25, -0.2) is 4.98 Å². The Hall–Kier alpha value is -1.80. The fourth-order valence-electron chi connectivity index (χ4n) is 2.92. The Morgan fingerprint density at radius 2 is 2.48 bits per heavy atom. The molecule has 5 nitrogen and oxygen atoms in total. The summed E-state index contributed by atoms with van der Waals surface area (Å²) in [6.07, 6.45) is 12.3. The predicted molar refractivity (Wildman–Crippen MR) is 82.5 cm³/mol. The lowest BCUT2D eigenvalue weighted by Crippen LogP contribution is -2.49. The number of nitrogens with one attached hydrogen (secondary N) is 1. The van der Waals surface area contributed by atoms with E-state index in [1.165, 1.54) is 6.42 Å². The summed E-state index contributed by atoms with van der Waals surface area (Å²) in [5.74, 6) is 4.13. The summed E-state index contributed by atoms with van der Waals surface area (Å²) in [5.41, 5.74) is 0. The molecule has 1 fully saturated rings. The molecule has 2 heterocycles. The van der Waals surface area contributed by atoms with Crippen molar-refractivity contribution in [3.63, 3.8) is 0 Å². The summed E-state index contributed by atoms with van der Waals surface area (Å²) in [6, 6.07) is -0.123. The minimum absolute atomic E-state index is 0.0191. The molecule has 1 aromatic heterocycles. The van der Waals surface area contributed by atoms with Crippen LogP contribution in [0.2, 0.25) is 0 Å². The molecule has 0 aliphatic carbocycles. The summed E-state index contributed by atoms with van der Waals surface area (Å²) in [5, 5.41) is 2.77. The number of rotatable bonds is 5. The van der Waals surface area contributed by atoms with Crippen molar-refractivity contribution in [2.45, 2.75) is 32.2 Å². The van der Waals surface area contributed by atoms with E-state index in [0.717, 1.165) is 31.8 Å². The number of imidazole rings is 1. The molecule has 2 atom stereocenters. The molecule has 0 radical (unpaired) electrons. The molecule has 2 rings (SSSR count). The fraction of sp³-hybridized carbons (Fsp3) is 0.625. The number of piperidine rings is 1. The minimum atomic E-state index is -0.123. The lowest BCUT2D eigenvalue weighted by atomic mass is 9.93. The maximum absolute atomic E-state index is 12.0. The molecule has 0 spiro atoms. The zero-order chi connectivity index (χ0) is 15.2. The molecule has 1 saturated heterocycles. The molecule has 1 aliphatic heterocycles. The van der Waals surface area contributed by atoms with Crippen molar-refractivity contribution in [1.82, 2.24) is 19.8 Å². The van der Waals surface area contributed by atoms with E-state index >= 15 is 0 Å². The van der Waals surface area contributed by atoms with Crippen molar-refractivity contribution in [3.8, 4) is 12.3 Å². The van der Waals surface area contributed by atoms with Crippen molar-refractivity contribution < 1.29 is 4.79 Å². The maximum Gasteiger partial charge on any atom is 0.237 e. The Morgan fingerprint density at radius 1 is 1.67 bits per heavy atom. The number of hydrogen-bond acceptors (Lipinski definition) is 3. The van der Waals surface area contributed by atoms with Crippen molar-refractivity contribution in [2.75, 3.05) is 19.6 Å². The van der Waals surface area contributed by atoms with Crippen LogP contribution in [0.4, 0.5) is 0 Å². The van der Waals surface area contributed by atoms with Crippen LogP contribution in [0.25, 0.3) is 0 Å². The van der Waals surface area contributed by atoms with Gasteiger partial charge in [0.05, 0.1) is 12.6 Å². The van der Waals surface area contributed by atoms with Gasteiger partial charge in [-0.05, 0) is 32.2 Å². The van der Waals surface area contributed by atoms with Crippen LogP contribution in [0.5, 0.6) is 0 Å². The molecule has 0 bridgehead atoms. The van der Waals surface area contributed by atoms with Gasteiger partial charge in [-0.2, -0.15) is 0 Å². The molecule has 0 saturated carbocycles. The van der Waals surface area contributed by atoms with Crippen LogP contribution in [-0.4, -0.2) is 46.0 Å². The van der Waals surface area contributed by atoms with Crippen LogP contribution in [0, 0.1) is 18.3 Å². The number of aromatic nitrogens is 2. The molecule has 1 N–H and O–H groups in total. The number of nitrogens with zero attached hydrogens (tertiary/aromatic N) is 3. The molecular formula is C16H24N4O. The normalized spacial score (nSPS) is 20.7. The number of amides is 1. The quantitative estimate of drug-likeness (QED) is 0.816. The van der Waals surface area contributed by atoms with E-state index in [4.69, 9.17) is 6.42 Å². The van der Waals surface area contributed by atoms with E-state index in [-0.39, 0.29) is 11.9 Å². The number of hydrogen-bond donors (Lipinski definition) is 1. The highest BCUT2D eigenvalue weighted by Crippen LogP contribution is 2.21. The van der Waals surface area contributed by atoms with Crippen LogP contribution in [-0.2, 0) is 18.3 Å². The monoisotopic (exact) mass is 288 g/mol. The van der Waals surface area contributed by atoms with E-state index in [9.17, 15) is 4.79 Å². The van der Waals surface area contributed by atoms with Gasteiger partial charge in [0, 0.05) is 32.4 Å². The number of terminal acetylenes is 1. The van der Waals surface area contributed by atoms with Gasteiger partial charge in [-0.3, -0.25) is 9.69 Å². The average molecular weight is 288 g/mol. The van der Waals surface area contributed by atoms with E-state index < -0.39 is 0 Å². The van der Waals surface area contributed by atoms with Gasteiger partial charge in [-0.1, -0.05) is 5.92 Å². The summed E-state index contributed by atoms with van der Waals surface area (Å²) < 4.78 is 2.07.